The van der Waals surface area contributed by atoms with E-state index >= 15 is 0 Å². The van der Waals surface area contributed by atoms with E-state index in [0.29, 0.717) is 31.1 Å². The van der Waals surface area contributed by atoms with Crippen LogP contribution in [0.1, 0.15) is 34.1 Å². The van der Waals surface area contributed by atoms with Gasteiger partial charge in [0.15, 0.2) is 0 Å². The zero-order valence-electron chi connectivity index (χ0n) is 16.1. The van der Waals surface area contributed by atoms with Gasteiger partial charge in [0, 0.05) is 28.1 Å². The van der Waals surface area contributed by atoms with Gasteiger partial charge in [-0.15, -0.1) is 0 Å². The number of rotatable bonds is 2. The fourth-order valence-electron chi connectivity index (χ4n) is 3.75. The molecule has 0 unspecified atom stereocenters. The van der Waals surface area contributed by atoms with Crippen molar-refractivity contribution in [2.75, 3.05) is 31.2 Å². The molecule has 2 atom stereocenters. The van der Waals surface area contributed by atoms with E-state index in [2.05, 4.69) is 20.8 Å². The summed E-state index contributed by atoms with van der Waals surface area (Å²) in [6.07, 6.45) is 0.238. The number of aliphatic hydroxyl groups excluding tert-OH is 1. The van der Waals surface area contributed by atoms with Gasteiger partial charge < -0.3 is 19.5 Å². The van der Waals surface area contributed by atoms with Crippen molar-refractivity contribution in [2.24, 2.45) is 0 Å². The Balaban J connectivity index is 1.89. The fraction of sp³-hybridized carbons (Fsp3) is 0.632. The summed E-state index contributed by atoms with van der Waals surface area (Å²) in [5, 5.41) is 10.6. The maximum atomic E-state index is 12.7. The predicted molar refractivity (Wildman–Crippen MR) is 109 cm³/mol. The first-order valence-electron chi connectivity index (χ1n) is 9.04. The van der Waals surface area contributed by atoms with Crippen molar-refractivity contribution in [3.63, 3.8) is 0 Å². The molecule has 27 heavy (non-hydrogen) atoms. The van der Waals surface area contributed by atoms with Crippen LogP contribution in [0.5, 0.6) is 5.75 Å². The number of aliphatic hydroxyl groups is 1. The molecule has 6 nitrogen and oxygen atoms in total. The Bertz CT molecular complexity index is 739. The summed E-state index contributed by atoms with van der Waals surface area (Å²) in [5.74, 6) is 0.724. The third kappa shape index (κ3) is 4.15. The Labute approximate surface area is 173 Å². The molecule has 1 N–H and O–H groups in total. The van der Waals surface area contributed by atoms with Gasteiger partial charge in [0.25, 0.3) is 0 Å². The normalized spacial score (nSPS) is 25.2. The molecule has 1 amide bonds. The van der Waals surface area contributed by atoms with Crippen LogP contribution in [0, 0.1) is 0 Å². The highest BCUT2D eigenvalue weighted by Gasteiger charge is 2.48. The zero-order chi connectivity index (χ0) is 20.0. The maximum absolute atomic E-state index is 12.7. The summed E-state index contributed by atoms with van der Waals surface area (Å²) in [6, 6.07) is 3.68. The van der Waals surface area contributed by atoms with Gasteiger partial charge in [-0.05, 0) is 56.1 Å². The molecular formula is C19H26BrClN2O4. The molecule has 0 aliphatic carbocycles. The quantitative estimate of drug-likeness (QED) is 0.719. The van der Waals surface area contributed by atoms with Crippen LogP contribution < -0.4 is 9.64 Å². The molecule has 3 rings (SSSR count). The minimum absolute atomic E-state index is 0.0368. The second-order valence-electron chi connectivity index (χ2n) is 8.38. The number of hydrogen-bond acceptors (Lipinski definition) is 5. The van der Waals surface area contributed by atoms with Crippen LogP contribution in [0.3, 0.4) is 0 Å². The Hall–Kier alpha value is -1.18. The van der Waals surface area contributed by atoms with E-state index in [1.54, 1.807) is 11.0 Å². The van der Waals surface area contributed by atoms with Gasteiger partial charge in [0.1, 0.15) is 18.0 Å². The minimum atomic E-state index is -0.676. The number of hydrogen-bond donors (Lipinski definition) is 1. The lowest BCUT2D eigenvalue weighted by Crippen LogP contribution is -2.49. The van der Waals surface area contributed by atoms with Crippen LogP contribution in [0.4, 0.5) is 10.5 Å². The summed E-state index contributed by atoms with van der Waals surface area (Å²) in [5.41, 5.74) is -0.330. The fourth-order valence-corrected chi connectivity index (χ4v) is 4.76. The molecular weight excluding hydrogens is 436 g/mol. The van der Waals surface area contributed by atoms with Crippen LogP contribution in [0.25, 0.3) is 0 Å². The minimum Gasteiger partial charge on any atom is -0.489 e. The monoisotopic (exact) mass is 460 g/mol. The van der Waals surface area contributed by atoms with E-state index in [4.69, 9.17) is 21.1 Å². The molecule has 0 spiro atoms. The molecule has 2 aliphatic rings. The molecule has 0 saturated carbocycles. The van der Waals surface area contributed by atoms with Crippen molar-refractivity contribution in [3.05, 3.63) is 21.6 Å². The number of nitrogens with zero attached hydrogens (tertiary/aromatic N) is 2. The third-order valence-corrected chi connectivity index (χ3v) is 5.81. The number of amides is 1. The second-order valence-corrected chi connectivity index (χ2v) is 9.67. The molecule has 1 aromatic rings. The van der Waals surface area contributed by atoms with Crippen LogP contribution in [0.15, 0.2) is 16.6 Å². The molecule has 1 fully saturated rings. The molecule has 1 aromatic carbocycles. The lowest BCUT2D eigenvalue weighted by molar-refractivity contribution is -0.0000875. The Morgan fingerprint density at radius 3 is 2.81 bits per heavy atom. The van der Waals surface area contributed by atoms with Gasteiger partial charge in [-0.3, -0.25) is 4.90 Å². The maximum Gasteiger partial charge on any atom is 0.410 e. The van der Waals surface area contributed by atoms with E-state index < -0.39 is 17.2 Å². The molecule has 0 radical (unpaired) electrons. The van der Waals surface area contributed by atoms with E-state index in [-0.39, 0.29) is 12.6 Å². The van der Waals surface area contributed by atoms with Gasteiger partial charge in [-0.25, -0.2) is 4.79 Å². The van der Waals surface area contributed by atoms with Crippen LogP contribution in [0.2, 0.25) is 5.02 Å². The molecule has 150 valence electrons. The third-order valence-electron chi connectivity index (χ3n) is 4.99. The predicted octanol–water partition coefficient (Wildman–Crippen LogP) is 4.06. The standard InChI is InChI=1S/C19H26BrClN2O4/c1-18(2,3)27-17(25)23-10-13(9-19(23,4)11-24)22-5-6-26-15-8-12(21)7-14(20)16(15)22/h7-8,13,24H,5-6,9-11H2,1-4H3/t13-,19-/m0/s1. The lowest BCUT2D eigenvalue weighted by Gasteiger charge is -2.36. The Kier molecular flexibility index (Phi) is 5.58. The highest BCUT2D eigenvalue weighted by Crippen LogP contribution is 2.44. The number of fused-ring (bicyclic) bond motifs is 1. The average molecular weight is 462 g/mol. The first-order valence-corrected chi connectivity index (χ1v) is 10.2. The molecule has 8 heteroatoms. The smallest absolute Gasteiger partial charge is 0.410 e. The number of carbonyl (C=O) groups excluding carboxylic acids is 1. The molecule has 2 heterocycles. The van der Waals surface area contributed by atoms with Crippen molar-refractivity contribution in [3.8, 4) is 5.75 Å². The van der Waals surface area contributed by atoms with Crippen molar-refractivity contribution in [2.45, 2.75) is 51.3 Å². The molecule has 2 aliphatic heterocycles. The molecule has 0 bridgehead atoms. The number of anilines is 1. The van der Waals surface area contributed by atoms with Gasteiger partial charge >= 0.3 is 6.09 Å². The van der Waals surface area contributed by atoms with Crippen LogP contribution >= 0.6 is 27.5 Å². The van der Waals surface area contributed by atoms with Crippen LogP contribution in [-0.4, -0.2) is 59.6 Å². The van der Waals surface area contributed by atoms with Gasteiger partial charge in [0.05, 0.1) is 24.4 Å². The lowest BCUT2D eigenvalue weighted by atomic mass is 9.97. The highest BCUT2D eigenvalue weighted by molar-refractivity contribution is 9.10. The summed E-state index contributed by atoms with van der Waals surface area (Å²) in [4.78, 5) is 16.6. The SMILES string of the molecule is CC(C)(C)OC(=O)N1C[C@@H](N2CCOc3cc(Cl)cc(Br)c32)C[C@@]1(C)CO. The topological polar surface area (TPSA) is 62.2 Å². The summed E-state index contributed by atoms with van der Waals surface area (Å²) in [7, 11) is 0. The van der Waals surface area contributed by atoms with Gasteiger partial charge in [-0.2, -0.15) is 0 Å². The Morgan fingerprint density at radius 1 is 1.48 bits per heavy atom. The zero-order valence-corrected chi connectivity index (χ0v) is 18.4. The van der Waals surface area contributed by atoms with Crippen molar-refractivity contribution >= 4 is 39.3 Å². The van der Waals surface area contributed by atoms with E-state index in [9.17, 15) is 9.90 Å². The van der Waals surface area contributed by atoms with Gasteiger partial charge in [0.2, 0.25) is 0 Å². The number of benzene rings is 1. The van der Waals surface area contributed by atoms with Crippen LogP contribution in [-0.2, 0) is 4.74 Å². The number of ether oxygens (including phenoxy) is 2. The van der Waals surface area contributed by atoms with Crippen molar-refractivity contribution < 1.29 is 19.4 Å². The first kappa shape index (κ1) is 20.6. The number of carbonyl (C=O) groups is 1. The van der Waals surface area contributed by atoms with Gasteiger partial charge in [-0.1, -0.05) is 11.6 Å². The summed E-state index contributed by atoms with van der Waals surface area (Å²) in [6.45, 7) is 9.01. The second kappa shape index (κ2) is 7.33. The highest BCUT2D eigenvalue weighted by atomic mass is 79.9. The largest absolute Gasteiger partial charge is 0.489 e. The van der Waals surface area contributed by atoms with E-state index in [1.165, 1.54) is 0 Å². The number of likely N-dealkylation sites (tertiary alicyclic amines) is 1. The summed E-state index contributed by atoms with van der Waals surface area (Å²) < 4.78 is 12.2. The Morgan fingerprint density at radius 2 is 2.19 bits per heavy atom. The number of halogens is 2. The first-order chi connectivity index (χ1) is 12.5. The summed E-state index contributed by atoms with van der Waals surface area (Å²) >= 11 is 9.74. The van der Waals surface area contributed by atoms with E-state index in [1.807, 2.05) is 33.8 Å². The average Bonchev–Trinajstić information content (AvgIpc) is 2.91. The molecule has 0 aromatic heterocycles. The van der Waals surface area contributed by atoms with Crippen molar-refractivity contribution in [1.82, 2.24) is 4.90 Å². The van der Waals surface area contributed by atoms with E-state index in [0.717, 1.165) is 15.9 Å². The van der Waals surface area contributed by atoms with Crippen molar-refractivity contribution in [1.29, 1.82) is 0 Å². The molecule has 1 saturated heterocycles.